The van der Waals surface area contributed by atoms with Crippen LogP contribution in [0.2, 0.25) is 10.0 Å². The van der Waals surface area contributed by atoms with E-state index in [-0.39, 0.29) is 11.7 Å². The van der Waals surface area contributed by atoms with E-state index in [2.05, 4.69) is 15.5 Å². The second-order valence-corrected chi connectivity index (χ2v) is 6.90. The van der Waals surface area contributed by atoms with Crippen molar-refractivity contribution < 1.29 is 9.21 Å². The van der Waals surface area contributed by atoms with E-state index in [0.717, 1.165) is 5.56 Å². The van der Waals surface area contributed by atoms with Gasteiger partial charge in [-0.2, -0.15) is 10.2 Å². The summed E-state index contributed by atoms with van der Waals surface area (Å²) in [6.45, 7) is 0.914. The third-order valence-corrected chi connectivity index (χ3v) is 4.58. The molecule has 9 heteroatoms. The Bertz CT molecular complexity index is 1100. The lowest BCUT2D eigenvalue weighted by Gasteiger charge is -2.05. The summed E-state index contributed by atoms with van der Waals surface area (Å²) >= 11 is 12.1. The van der Waals surface area contributed by atoms with Gasteiger partial charge in [-0.1, -0.05) is 29.3 Å². The first kappa shape index (κ1) is 18.3. The minimum absolute atomic E-state index is 0.206. The summed E-state index contributed by atoms with van der Waals surface area (Å²) in [4.78, 5) is 12.4. The zero-order chi connectivity index (χ0) is 19.5. The molecule has 0 bridgehead atoms. The van der Waals surface area contributed by atoms with Crippen LogP contribution in [0.15, 0.2) is 65.5 Å². The molecule has 7 nitrogen and oxygen atoms in total. The Hall–Kier alpha value is -3.03. The van der Waals surface area contributed by atoms with E-state index in [1.165, 1.54) is 0 Å². The first-order valence-electron chi connectivity index (χ1n) is 8.42. The summed E-state index contributed by atoms with van der Waals surface area (Å²) in [6, 6.07) is 12.2. The van der Waals surface area contributed by atoms with Crippen molar-refractivity contribution >= 4 is 34.9 Å². The molecule has 0 saturated carbocycles. The predicted octanol–water partition coefficient (Wildman–Crippen LogP) is 4.33. The minimum Gasteiger partial charge on any atom is -0.454 e. The van der Waals surface area contributed by atoms with Crippen LogP contribution in [0.1, 0.15) is 21.9 Å². The van der Waals surface area contributed by atoms with Gasteiger partial charge >= 0.3 is 0 Å². The molecule has 0 fully saturated rings. The number of benzene rings is 1. The molecule has 1 N–H and O–H groups in total. The Morgan fingerprint density at radius 3 is 2.75 bits per heavy atom. The van der Waals surface area contributed by atoms with Crippen LogP contribution in [0.25, 0.3) is 0 Å². The maximum atomic E-state index is 12.4. The lowest BCUT2D eigenvalue weighted by atomic mass is 10.2. The normalized spacial score (nSPS) is 10.9. The van der Waals surface area contributed by atoms with Gasteiger partial charge in [0.05, 0.1) is 13.1 Å². The van der Waals surface area contributed by atoms with Crippen LogP contribution < -0.4 is 5.32 Å². The minimum atomic E-state index is -0.374. The lowest BCUT2D eigenvalue weighted by Crippen LogP contribution is -2.12. The number of anilines is 1. The molecule has 1 amide bonds. The van der Waals surface area contributed by atoms with Crippen molar-refractivity contribution in [1.29, 1.82) is 0 Å². The zero-order valence-electron chi connectivity index (χ0n) is 14.5. The molecular weight excluding hydrogens is 401 g/mol. The quantitative estimate of drug-likeness (QED) is 0.508. The van der Waals surface area contributed by atoms with E-state index in [9.17, 15) is 4.79 Å². The van der Waals surface area contributed by atoms with Crippen molar-refractivity contribution in [3.05, 3.63) is 88.2 Å². The standard InChI is InChI=1S/C19H15Cl2N5O2/c20-14-3-2-13(16(21)10-14)11-26-9-6-18(24-26)23-19(27)17-5-4-15(28-17)12-25-8-1-7-22-25/h1-10H,11-12H2,(H,23,24,27). The van der Waals surface area contributed by atoms with Gasteiger partial charge in [0.1, 0.15) is 5.76 Å². The topological polar surface area (TPSA) is 77.9 Å². The molecule has 0 aliphatic heterocycles. The van der Waals surface area contributed by atoms with Crippen LogP contribution in [0.4, 0.5) is 5.82 Å². The predicted molar refractivity (Wildman–Crippen MR) is 106 cm³/mol. The van der Waals surface area contributed by atoms with Crippen molar-refractivity contribution in [3.8, 4) is 0 Å². The van der Waals surface area contributed by atoms with E-state index in [1.807, 2.05) is 18.3 Å². The number of aromatic nitrogens is 4. The summed E-state index contributed by atoms with van der Waals surface area (Å²) in [5, 5.41) is 12.3. The van der Waals surface area contributed by atoms with Crippen molar-refractivity contribution in [2.45, 2.75) is 13.1 Å². The number of nitrogens with zero attached hydrogens (tertiary/aromatic N) is 4. The molecule has 3 heterocycles. The Labute approximate surface area is 170 Å². The van der Waals surface area contributed by atoms with Gasteiger partial charge in [-0.25, -0.2) is 0 Å². The molecule has 0 atom stereocenters. The number of nitrogens with one attached hydrogen (secondary N) is 1. The molecule has 3 aromatic heterocycles. The second-order valence-electron chi connectivity index (χ2n) is 6.06. The fraction of sp³-hybridized carbons (Fsp3) is 0.105. The smallest absolute Gasteiger partial charge is 0.292 e. The van der Waals surface area contributed by atoms with Crippen LogP contribution in [0, 0.1) is 0 Å². The van der Waals surface area contributed by atoms with Gasteiger partial charge < -0.3 is 9.73 Å². The Balaban J connectivity index is 1.39. The third-order valence-electron chi connectivity index (χ3n) is 3.99. The highest BCUT2D eigenvalue weighted by molar-refractivity contribution is 6.35. The summed E-state index contributed by atoms with van der Waals surface area (Å²) in [5.41, 5.74) is 0.876. The summed E-state index contributed by atoms with van der Waals surface area (Å²) in [5.74, 6) is 0.885. The number of halogens is 2. The van der Waals surface area contributed by atoms with E-state index < -0.39 is 0 Å². The highest BCUT2D eigenvalue weighted by Crippen LogP contribution is 2.22. The van der Waals surface area contributed by atoms with E-state index in [1.54, 1.807) is 52.1 Å². The van der Waals surface area contributed by atoms with Crippen molar-refractivity contribution in [3.63, 3.8) is 0 Å². The van der Waals surface area contributed by atoms with Crippen LogP contribution >= 0.6 is 23.2 Å². The van der Waals surface area contributed by atoms with Gasteiger partial charge in [-0.15, -0.1) is 0 Å². The Morgan fingerprint density at radius 2 is 1.96 bits per heavy atom. The van der Waals surface area contributed by atoms with E-state index in [4.69, 9.17) is 27.6 Å². The Kier molecular flexibility index (Phi) is 5.18. The highest BCUT2D eigenvalue weighted by atomic mass is 35.5. The SMILES string of the molecule is O=C(Nc1ccn(Cc2ccc(Cl)cc2Cl)n1)c1ccc(Cn2cccn2)o1. The number of carbonyl (C=O) groups excluding carboxylic acids is 1. The fourth-order valence-corrected chi connectivity index (χ4v) is 3.13. The molecule has 0 unspecified atom stereocenters. The molecule has 4 aromatic rings. The highest BCUT2D eigenvalue weighted by Gasteiger charge is 2.13. The number of furan rings is 1. The van der Waals surface area contributed by atoms with Gasteiger partial charge in [0.25, 0.3) is 5.91 Å². The van der Waals surface area contributed by atoms with Gasteiger partial charge in [0, 0.05) is 34.7 Å². The van der Waals surface area contributed by atoms with Crippen LogP contribution in [0.3, 0.4) is 0 Å². The van der Waals surface area contributed by atoms with Crippen molar-refractivity contribution in [2.75, 3.05) is 5.32 Å². The average Bonchev–Trinajstić information content (AvgIpc) is 3.40. The average molecular weight is 416 g/mol. The Morgan fingerprint density at radius 1 is 1.07 bits per heavy atom. The molecule has 0 saturated heterocycles. The molecule has 0 aliphatic rings. The zero-order valence-corrected chi connectivity index (χ0v) is 16.1. The van der Waals surface area contributed by atoms with Crippen LogP contribution in [-0.4, -0.2) is 25.5 Å². The first-order chi connectivity index (χ1) is 13.6. The summed E-state index contributed by atoms with van der Waals surface area (Å²) in [7, 11) is 0. The van der Waals surface area contributed by atoms with E-state index in [0.29, 0.717) is 34.7 Å². The largest absolute Gasteiger partial charge is 0.454 e. The lowest BCUT2D eigenvalue weighted by molar-refractivity contribution is 0.0994. The first-order valence-corrected chi connectivity index (χ1v) is 9.17. The maximum Gasteiger partial charge on any atom is 0.292 e. The van der Waals surface area contributed by atoms with E-state index >= 15 is 0 Å². The summed E-state index contributed by atoms with van der Waals surface area (Å²) < 4.78 is 8.97. The maximum absolute atomic E-state index is 12.4. The third kappa shape index (κ3) is 4.27. The number of amides is 1. The van der Waals surface area contributed by atoms with Crippen LogP contribution in [-0.2, 0) is 13.1 Å². The molecule has 4 rings (SSSR count). The number of hydrogen-bond donors (Lipinski definition) is 1. The molecule has 28 heavy (non-hydrogen) atoms. The van der Waals surface area contributed by atoms with Crippen LogP contribution in [0.5, 0.6) is 0 Å². The van der Waals surface area contributed by atoms with Gasteiger partial charge in [-0.3, -0.25) is 14.2 Å². The number of carbonyl (C=O) groups is 1. The number of rotatable bonds is 6. The summed E-state index contributed by atoms with van der Waals surface area (Å²) in [6.07, 6.45) is 5.26. The fourth-order valence-electron chi connectivity index (χ4n) is 2.66. The van der Waals surface area contributed by atoms with Crippen molar-refractivity contribution in [2.24, 2.45) is 0 Å². The molecule has 1 aromatic carbocycles. The number of hydrogen-bond acceptors (Lipinski definition) is 4. The van der Waals surface area contributed by atoms with Crippen molar-refractivity contribution in [1.82, 2.24) is 19.6 Å². The molecule has 0 spiro atoms. The second kappa shape index (κ2) is 7.92. The molecule has 0 radical (unpaired) electrons. The van der Waals surface area contributed by atoms with Gasteiger partial charge in [0.2, 0.25) is 0 Å². The van der Waals surface area contributed by atoms with Gasteiger partial charge in [-0.05, 0) is 35.9 Å². The molecule has 142 valence electrons. The monoisotopic (exact) mass is 415 g/mol. The molecule has 0 aliphatic carbocycles. The van der Waals surface area contributed by atoms with Gasteiger partial charge in [0.15, 0.2) is 11.6 Å². The molecular formula is C19H15Cl2N5O2.